The first-order valence-corrected chi connectivity index (χ1v) is 4.97. The molecule has 15 heavy (non-hydrogen) atoms. The van der Waals surface area contributed by atoms with E-state index in [0.29, 0.717) is 0 Å². The summed E-state index contributed by atoms with van der Waals surface area (Å²) in [5.41, 5.74) is 2.29. The second-order valence-electron chi connectivity index (χ2n) is 3.80. The van der Waals surface area contributed by atoms with Crippen LogP contribution in [0.15, 0.2) is 29.0 Å². The molecule has 2 aromatic rings. The first-order valence-electron chi connectivity index (χ1n) is 4.97. The fourth-order valence-corrected chi connectivity index (χ4v) is 1.53. The number of rotatable bonds is 2. The third-order valence-electron chi connectivity index (χ3n) is 2.55. The highest BCUT2D eigenvalue weighted by atomic mass is 16.3. The summed E-state index contributed by atoms with van der Waals surface area (Å²) in [4.78, 5) is 15.5. The van der Waals surface area contributed by atoms with Crippen molar-refractivity contribution in [3.05, 3.63) is 24.6 Å². The van der Waals surface area contributed by atoms with E-state index in [9.17, 15) is 4.79 Å². The van der Waals surface area contributed by atoms with Crippen LogP contribution in [0.2, 0.25) is 0 Å². The minimum atomic E-state index is 0.109. The molecule has 0 radical (unpaired) electrons. The zero-order valence-electron chi connectivity index (χ0n) is 8.06. The molecule has 1 heterocycles. The van der Waals surface area contributed by atoms with Gasteiger partial charge in [0, 0.05) is 11.6 Å². The Morgan fingerprint density at radius 1 is 1.47 bits per heavy atom. The van der Waals surface area contributed by atoms with Gasteiger partial charge in [0.25, 0.3) is 0 Å². The van der Waals surface area contributed by atoms with Crippen molar-refractivity contribution in [3.8, 4) is 0 Å². The average Bonchev–Trinajstić information content (AvgIpc) is 2.98. The third kappa shape index (κ3) is 1.58. The summed E-state index contributed by atoms with van der Waals surface area (Å²) in [6.07, 6.45) is 3.42. The lowest BCUT2D eigenvalue weighted by Gasteiger charge is -2.02. The van der Waals surface area contributed by atoms with Crippen molar-refractivity contribution in [2.45, 2.75) is 12.8 Å². The minimum absolute atomic E-state index is 0.109. The molecule has 1 fully saturated rings. The summed E-state index contributed by atoms with van der Waals surface area (Å²) in [6, 6.07) is 5.46. The minimum Gasteiger partial charge on any atom is -0.443 e. The van der Waals surface area contributed by atoms with E-state index in [1.807, 2.05) is 18.2 Å². The molecular formula is C11H10N2O2. The molecule has 0 saturated heterocycles. The molecule has 3 rings (SSSR count). The fourth-order valence-electron chi connectivity index (χ4n) is 1.53. The molecule has 4 nitrogen and oxygen atoms in total. The Morgan fingerprint density at radius 2 is 2.33 bits per heavy atom. The monoisotopic (exact) mass is 202 g/mol. The number of amides is 1. The van der Waals surface area contributed by atoms with Gasteiger partial charge in [0.05, 0.1) is 0 Å². The van der Waals surface area contributed by atoms with Crippen LogP contribution in [0, 0.1) is 5.92 Å². The van der Waals surface area contributed by atoms with E-state index in [4.69, 9.17) is 4.42 Å². The molecule has 76 valence electrons. The normalized spacial score (nSPS) is 15.5. The van der Waals surface area contributed by atoms with E-state index in [0.717, 1.165) is 29.6 Å². The number of fused-ring (bicyclic) bond motifs is 1. The van der Waals surface area contributed by atoms with Crippen LogP contribution in [0.5, 0.6) is 0 Å². The second kappa shape index (κ2) is 3.08. The molecule has 0 unspecified atom stereocenters. The predicted molar refractivity (Wildman–Crippen MR) is 55.4 cm³/mol. The summed E-state index contributed by atoms with van der Waals surface area (Å²) >= 11 is 0. The smallest absolute Gasteiger partial charge is 0.227 e. The van der Waals surface area contributed by atoms with E-state index in [-0.39, 0.29) is 11.8 Å². The Morgan fingerprint density at radius 3 is 3.13 bits per heavy atom. The third-order valence-corrected chi connectivity index (χ3v) is 2.55. The van der Waals surface area contributed by atoms with Crippen LogP contribution >= 0.6 is 0 Å². The number of nitrogens with zero attached hydrogens (tertiary/aromatic N) is 1. The van der Waals surface area contributed by atoms with Crippen molar-refractivity contribution in [1.82, 2.24) is 4.98 Å². The lowest BCUT2D eigenvalue weighted by Crippen LogP contribution is -2.12. The molecule has 1 saturated carbocycles. The van der Waals surface area contributed by atoms with Crippen molar-refractivity contribution < 1.29 is 9.21 Å². The molecule has 1 aromatic carbocycles. The van der Waals surface area contributed by atoms with Gasteiger partial charge in [-0.1, -0.05) is 0 Å². The second-order valence-corrected chi connectivity index (χ2v) is 3.80. The first kappa shape index (κ1) is 8.47. The molecule has 0 atom stereocenters. The van der Waals surface area contributed by atoms with Crippen molar-refractivity contribution >= 4 is 22.7 Å². The predicted octanol–water partition coefficient (Wildman–Crippen LogP) is 2.18. The van der Waals surface area contributed by atoms with Crippen molar-refractivity contribution in [2.75, 3.05) is 5.32 Å². The maximum absolute atomic E-state index is 11.5. The lowest BCUT2D eigenvalue weighted by atomic mass is 10.2. The van der Waals surface area contributed by atoms with Crippen LogP contribution in [0.1, 0.15) is 12.8 Å². The SMILES string of the molecule is O=C(Nc1ccc2ocnc2c1)C1CC1. The Labute approximate surface area is 86.3 Å². The average molecular weight is 202 g/mol. The van der Waals surface area contributed by atoms with Crippen molar-refractivity contribution in [2.24, 2.45) is 5.92 Å². The Balaban J connectivity index is 1.86. The van der Waals surface area contributed by atoms with Crippen LogP contribution in [0.3, 0.4) is 0 Å². The van der Waals surface area contributed by atoms with Crippen LogP contribution < -0.4 is 5.32 Å². The molecule has 1 aromatic heterocycles. The van der Waals surface area contributed by atoms with Crippen LogP contribution in [-0.4, -0.2) is 10.9 Å². The van der Waals surface area contributed by atoms with Gasteiger partial charge < -0.3 is 9.73 Å². The van der Waals surface area contributed by atoms with Crippen molar-refractivity contribution in [3.63, 3.8) is 0 Å². The maximum atomic E-state index is 11.5. The number of carbonyl (C=O) groups is 1. The van der Waals surface area contributed by atoms with Crippen LogP contribution in [0.25, 0.3) is 11.1 Å². The van der Waals surface area contributed by atoms with E-state index in [1.165, 1.54) is 6.39 Å². The van der Waals surface area contributed by atoms with Gasteiger partial charge in [0.1, 0.15) is 5.52 Å². The maximum Gasteiger partial charge on any atom is 0.227 e. The van der Waals surface area contributed by atoms with Gasteiger partial charge in [-0.2, -0.15) is 0 Å². The quantitative estimate of drug-likeness (QED) is 0.811. The zero-order valence-corrected chi connectivity index (χ0v) is 8.06. The highest BCUT2D eigenvalue weighted by Crippen LogP contribution is 2.30. The fraction of sp³-hybridized carbons (Fsp3) is 0.273. The highest BCUT2D eigenvalue weighted by Gasteiger charge is 2.29. The van der Waals surface area contributed by atoms with Gasteiger partial charge in [-0.15, -0.1) is 0 Å². The number of anilines is 1. The van der Waals surface area contributed by atoms with E-state index >= 15 is 0 Å². The van der Waals surface area contributed by atoms with E-state index in [1.54, 1.807) is 0 Å². The number of benzene rings is 1. The molecule has 4 heteroatoms. The molecule has 0 spiro atoms. The summed E-state index contributed by atoms with van der Waals surface area (Å²) in [5, 5.41) is 2.87. The number of aromatic nitrogens is 1. The van der Waals surface area contributed by atoms with Gasteiger partial charge in [0.15, 0.2) is 12.0 Å². The Hall–Kier alpha value is -1.84. The molecule has 1 aliphatic rings. The number of nitrogens with one attached hydrogen (secondary N) is 1. The topological polar surface area (TPSA) is 55.1 Å². The van der Waals surface area contributed by atoms with Gasteiger partial charge in [0.2, 0.25) is 5.91 Å². The standard InChI is InChI=1S/C11H10N2O2/c14-11(7-1-2-7)13-8-3-4-10-9(5-8)12-6-15-10/h3-7H,1-2H2,(H,13,14). The highest BCUT2D eigenvalue weighted by molar-refractivity contribution is 5.95. The molecule has 1 aliphatic carbocycles. The van der Waals surface area contributed by atoms with E-state index in [2.05, 4.69) is 10.3 Å². The summed E-state index contributed by atoms with van der Waals surface area (Å²) < 4.78 is 5.11. The van der Waals surface area contributed by atoms with Gasteiger partial charge in [-0.05, 0) is 31.0 Å². The number of hydrogen-bond acceptors (Lipinski definition) is 3. The van der Waals surface area contributed by atoms with E-state index < -0.39 is 0 Å². The summed E-state index contributed by atoms with van der Waals surface area (Å²) in [7, 11) is 0. The largest absolute Gasteiger partial charge is 0.443 e. The van der Waals surface area contributed by atoms with Crippen LogP contribution in [-0.2, 0) is 4.79 Å². The molecular weight excluding hydrogens is 192 g/mol. The molecule has 0 bridgehead atoms. The summed E-state index contributed by atoms with van der Waals surface area (Å²) in [6.45, 7) is 0. The Bertz CT molecular complexity index is 514. The van der Waals surface area contributed by atoms with Crippen LogP contribution in [0.4, 0.5) is 5.69 Å². The number of oxazole rings is 1. The van der Waals surface area contributed by atoms with Gasteiger partial charge in [-0.25, -0.2) is 4.98 Å². The molecule has 1 N–H and O–H groups in total. The lowest BCUT2D eigenvalue weighted by molar-refractivity contribution is -0.117. The number of carbonyl (C=O) groups excluding carboxylic acids is 1. The molecule has 1 amide bonds. The molecule has 0 aliphatic heterocycles. The Kier molecular flexibility index (Phi) is 1.74. The zero-order chi connectivity index (χ0) is 10.3. The van der Waals surface area contributed by atoms with Crippen molar-refractivity contribution in [1.29, 1.82) is 0 Å². The first-order chi connectivity index (χ1) is 7.33. The van der Waals surface area contributed by atoms with Gasteiger partial charge in [-0.3, -0.25) is 4.79 Å². The van der Waals surface area contributed by atoms with Gasteiger partial charge >= 0.3 is 0 Å². The number of hydrogen-bond donors (Lipinski definition) is 1. The summed E-state index contributed by atoms with van der Waals surface area (Å²) in [5.74, 6) is 0.329.